The highest BCUT2D eigenvalue weighted by Crippen LogP contribution is 2.17. The molecule has 0 bridgehead atoms. The fourth-order valence-corrected chi connectivity index (χ4v) is 1.75. The van der Waals surface area contributed by atoms with Gasteiger partial charge in [-0.15, -0.1) is 11.3 Å². The molecule has 0 atom stereocenters. The van der Waals surface area contributed by atoms with Gasteiger partial charge in [0, 0.05) is 4.88 Å². The minimum absolute atomic E-state index is 0.200. The summed E-state index contributed by atoms with van der Waals surface area (Å²) in [5.41, 5.74) is 0.200. The average Bonchev–Trinajstić information content (AvgIpc) is 2.47. The molecule has 13 heavy (non-hydrogen) atoms. The molecule has 0 fully saturated rings. The fraction of sp³-hybridized carbons (Fsp3) is 0.250. The van der Waals surface area contributed by atoms with Gasteiger partial charge in [-0.2, -0.15) is 0 Å². The van der Waals surface area contributed by atoms with E-state index in [1.165, 1.54) is 11.3 Å². The molecule has 1 aromatic rings. The summed E-state index contributed by atoms with van der Waals surface area (Å²) >= 11 is 1.41. The molecule has 0 amide bonds. The van der Waals surface area contributed by atoms with Gasteiger partial charge >= 0.3 is 5.97 Å². The Hall–Kier alpha value is -1.36. The van der Waals surface area contributed by atoms with Gasteiger partial charge in [0.1, 0.15) is 5.71 Å². The Morgan fingerprint density at radius 1 is 1.62 bits per heavy atom. The van der Waals surface area contributed by atoms with Gasteiger partial charge in [-0.05, 0) is 19.1 Å². The average molecular weight is 199 g/mol. The number of aliphatic carboxylic acids is 1. The summed E-state index contributed by atoms with van der Waals surface area (Å²) in [7, 11) is 0. The predicted molar refractivity (Wildman–Crippen MR) is 49.6 cm³/mol. The molecular formula is C8H9NO3S. The SMILES string of the molecule is Cc1ccc(/C(CC(=O)O)=N\O)s1. The molecule has 5 heteroatoms. The monoisotopic (exact) mass is 199 g/mol. The van der Waals surface area contributed by atoms with E-state index in [0.29, 0.717) is 4.88 Å². The molecular weight excluding hydrogens is 190 g/mol. The van der Waals surface area contributed by atoms with E-state index in [0.717, 1.165) is 4.88 Å². The van der Waals surface area contributed by atoms with Crippen LogP contribution in [-0.4, -0.2) is 22.0 Å². The van der Waals surface area contributed by atoms with Gasteiger partial charge in [0.05, 0.1) is 11.3 Å². The van der Waals surface area contributed by atoms with Crippen LogP contribution in [0.2, 0.25) is 0 Å². The molecule has 70 valence electrons. The predicted octanol–water partition coefficient (Wildman–Crippen LogP) is 1.71. The standard InChI is InChI=1S/C8H9NO3S/c1-5-2-3-7(13-5)6(9-12)4-8(10)11/h2-3,12H,4H2,1H3,(H,10,11)/b9-6-. The van der Waals surface area contributed by atoms with Gasteiger partial charge in [0.15, 0.2) is 0 Å². The topological polar surface area (TPSA) is 69.9 Å². The van der Waals surface area contributed by atoms with Gasteiger partial charge in [0.2, 0.25) is 0 Å². The molecule has 1 heterocycles. The molecule has 0 aliphatic heterocycles. The zero-order valence-corrected chi connectivity index (χ0v) is 7.84. The van der Waals surface area contributed by atoms with Crippen LogP contribution >= 0.6 is 11.3 Å². The summed E-state index contributed by atoms with van der Waals surface area (Å²) in [4.78, 5) is 12.1. The third kappa shape index (κ3) is 2.55. The molecule has 0 aliphatic carbocycles. The van der Waals surface area contributed by atoms with Crippen LogP contribution < -0.4 is 0 Å². The maximum absolute atomic E-state index is 10.4. The molecule has 1 aromatic heterocycles. The lowest BCUT2D eigenvalue weighted by Crippen LogP contribution is -2.06. The quantitative estimate of drug-likeness (QED) is 0.442. The number of oxime groups is 1. The largest absolute Gasteiger partial charge is 0.481 e. The second kappa shape index (κ2) is 4.04. The number of thiophene rings is 1. The number of hydrogen-bond acceptors (Lipinski definition) is 4. The van der Waals surface area contributed by atoms with Crippen molar-refractivity contribution in [1.82, 2.24) is 0 Å². The minimum atomic E-state index is -1.00. The third-order valence-electron chi connectivity index (χ3n) is 1.46. The summed E-state index contributed by atoms with van der Waals surface area (Å²) in [6.45, 7) is 1.91. The number of aryl methyl sites for hydroxylation is 1. The Morgan fingerprint density at radius 3 is 2.69 bits per heavy atom. The maximum Gasteiger partial charge on any atom is 0.309 e. The second-order valence-electron chi connectivity index (χ2n) is 2.53. The van der Waals surface area contributed by atoms with Crippen LogP contribution in [-0.2, 0) is 4.79 Å². The molecule has 0 aromatic carbocycles. The number of carboxylic acids is 1. The van der Waals surface area contributed by atoms with Crippen LogP contribution in [0.3, 0.4) is 0 Å². The molecule has 1 rings (SSSR count). The van der Waals surface area contributed by atoms with Gasteiger partial charge < -0.3 is 10.3 Å². The van der Waals surface area contributed by atoms with E-state index in [4.69, 9.17) is 10.3 Å². The van der Waals surface area contributed by atoms with Crippen molar-refractivity contribution in [2.75, 3.05) is 0 Å². The summed E-state index contributed by atoms with van der Waals surface area (Å²) in [5, 5.41) is 20.0. The van der Waals surface area contributed by atoms with E-state index in [1.807, 2.05) is 13.0 Å². The fourth-order valence-electron chi connectivity index (χ4n) is 0.905. The Balaban J connectivity index is 2.85. The Kier molecular flexibility index (Phi) is 3.02. The Labute approximate surface area is 79.1 Å². The lowest BCUT2D eigenvalue weighted by molar-refractivity contribution is -0.135. The molecule has 0 saturated carbocycles. The van der Waals surface area contributed by atoms with Crippen LogP contribution in [0, 0.1) is 6.92 Å². The summed E-state index contributed by atoms with van der Waals surface area (Å²) in [6, 6.07) is 3.60. The van der Waals surface area contributed by atoms with Crippen LogP contribution in [0.4, 0.5) is 0 Å². The van der Waals surface area contributed by atoms with Crippen LogP contribution in [0.5, 0.6) is 0 Å². The lowest BCUT2D eigenvalue weighted by Gasteiger charge is -1.95. The number of carboxylic acid groups (broad SMARTS) is 1. The molecule has 0 spiro atoms. The smallest absolute Gasteiger partial charge is 0.309 e. The highest BCUT2D eigenvalue weighted by Gasteiger charge is 2.10. The van der Waals surface area contributed by atoms with E-state index in [1.54, 1.807) is 6.07 Å². The molecule has 4 nitrogen and oxygen atoms in total. The maximum atomic E-state index is 10.4. The summed E-state index contributed by atoms with van der Waals surface area (Å²) in [5.74, 6) is -1.00. The number of rotatable bonds is 3. The van der Waals surface area contributed by atoms with Gasteiger partial charge in [-0.1, -0.05) is 5.16 Å². The van der Waals surface area contributed by atoms with Crippen molar-refractivity contribution in [3.8, 4) is 0 Å². The van der Waals surface area contributed by atoms with Crippen molar-refractivity contribution < 1.29 is 15.1 Å². The summed E-state index contributed by atoms with van der Waals surface area (Å²) < 4.78 is 0. The molecule has 0 saturated heterocycles. The van der Waals surface area contributed by atoms with Crippen molar-refractivity contribution in [3.63, 3.8) is 0 Å². The van der Waals surface area contributed by atoms with Gasteiger partial charge in [0.25, 0.3) is 0 Å². The van der Waals surface area contributed by atoms with E-state index >= 15 is 0 Å². The van der Waals surface area contributed by atoms with E-state index in [2.05, 4.69) is 5.16 Å². The normalized spacial score (nSPS) is 11.6. The number of carbonyl (C=O) groups is 1. The molecule has 0 aliphatic rings. The van der Waals surface area contributed by atoms with E-state index in [9.17, 15) is 4.79 Å². The first-order valence-electron chi connectivity index (χ1n) is 3.63. The van der Waals surface area contributed by atoms with Crippen molar-refractivity contribution in [3.05, 3.63) is 21.9 Å². The Morgan fingerprint density at radius 2 is 2.31 bits per heavy atom. The summed E-state index contributed by atoms with van der Waals surface area (Å²) in [6.07, 6.45) is -0.254. The van der Waals surface area contributed by atoms with Crippen LogP contribution in [0.15, 0.2) is 17.3 Å². The zero-order valence-electron chi connectivity index (χ0n) is 7.02. The van der Waals surface area contributed by atoms with Crippen molar-refractivity contribution in [2.24, 2.45) is 5.16 Å². The van der Waals surface area contributed by atoms with Crippen LogP contribution in [0.25, 0.3) is 0 Å². The van der Waals surface area contributed by atoms with E-state index < -0.39 is 5.97 Å². The first-order chi connectivity index (χ1) is 6.13. The highest BCUT2D eigenvalue weighted by atomic mass is 32.1. The van der Waals surface area contributed by atoms with E-state index in [-0.39, 0.29) is 12.1 Å². The second-order valence-corrected chi connectivity index (χ2v) is 3.82. The lowest BCUT2D eigenvalue weighted by atomic mass is 10.2. The van der Waals surface area contributed by atoms with Gasteiger partial charge in [-0.25, -0.2) is 0 Å². The highest BCUT2D eigenvalue weighted by molar-refractivity contribution is 7.14. The van der Waals surface area contributed by atoms with Gasteiger partial charge in [-0.3, -0.25) is 4.79 Å². The molecule has 0 radical (unpaired) electrons. The molecule has 0 unspecified atom stereocenters. The van der Waals surface area contributed by atoms with Crippen LogP contribution in [0.1, 0.15) is 16.2 Å². The third-order valence-corrected chi connectivity index (χ3v) is 2.51. The van der Waals surface area contributed by atoms with Crippen molar-refractivity contribution in [1.29, 1.82) is 0 Å². The number of nitrogens with zero attached hydrogens (tertiary/aromatic N) is 1. The van der Waals surface area contributed by atoms with Crippen molar-refractivity contribution >= 4 is 23.0 Å². The molecule has 2 N–H and O–H groups in total. The Bertz CT molecular complexity index is 343. The number of hydrogen-bond donors (Lipinski definition) is 2. The zero-order chi connectivity index (χ0) is 9.84. The minimum Gasteiger partial charge on any atom is -0.481 e. The first-order valence-corrected chi connectivity index (χ1v) is 4.44. The van der Waals surface area contributed by atoms with Crippen molar-refractivity contribution in [2.45, 2.75) is 13.3 Å². The first kappa shape index (κ1) is 9.73.